The van der Waals surface area contributed by atoms with Crippen LogP contribution in [0.1, 0.15) is 30.9 Å². The van der Waals surface area contributed by atoms with Gasteiger partial charge in [0, 0.05) is 41.7 Å². The first-order valence-electron chi connectivity index (χ1n) is 11.3. The molecular formula is C27H31N3S2. The maximum Gasteiger partial charge on any atom is 0.171 e. The first-order valence-corrected chi connectivity index (χ1v) is 12.7. The summed E-state index contributed by atoms with van der Waals surface area (Å²) in [5, 5.41) is 7.25. The summed E-state index contributed by atoms with van der Waals surface area (Å²) in [6, 6.07) is 27.8. The molecule has 32 heavy (non-hydrogen) atoms. The van der Waals surface area contributed by atoms with Crippen LogP contribution in [0.15, 0.2) is 83.8 Å². The maximum absolute atomic E-state index is 5.49. The quantitative estimate of drug-likeness (QED) is 0.302. The molecule has 3 aromatic rings. The van der Waals surface area contributed by atoms with Crippen molar-refractivity contribution in [1.29, 1.82) is 0 Å². The summed E-state index contributed by atoms with van der Waals surface area (Å²) in [6.07, 6.45) is 2.63. The SMILES string of the molecule is C[C@@H]1CCCN(c2ccc(CNC(=S)Nc3ccc(CSc4ccccc4)cc3)cc2)C1. The average Bonchev–Trinajstić information content (AvgIpc) is 2.83. The molecule has 1 fully saturated rings. The highest BCUT2D eigenvalue weighted by Crippen LogP contribution is 2.24. The van der Waals surface area contributed by atoms with Crippen LogP contribution in [-0.4, -0.2) is 18.2 Å². The predicted octanol–water partition coefficient (Wildman–Crippen LogP) is 6.70. The summed E-state index contributed by atoms with van der Waals surface area (Å²) in [7, 11) is 0. The normalized spacial score (nSPS) is 15.9. The van der Waals surface area contributed by atoms with E-state index < -0.39 is 0 Å². The fourth-order valence-electron chi connectivity index (χ4n) is 3.97. The second kappa shape index (κ2) is 11.4. The zero-order valence-corrected chi connectivity index (χ0v) is 20.2. The fraction of sp³-hybridized carbons (Fsp3) is 0.296. The van der Waals surface area contributed by atoms with E-state index in [9.17, 15) is 0 Å². The van der Waals surface area contributed by atoms with Gasteiger partial charge in [0.25, 0.3) is 0 Å². The highest BCUT2D eigenvalue weighted by Gasteiger charge is 2.16. The molecule has 3 nitrogen and oxygen atoms in total. The highest BCUT2D eigenvalue weighted by molar-refractivity contribution is 7.98. The third-order valence-corrected chi connectivity index (χ3v) is 7.10. The molecule has 4 rings (SSSR count). The lowest BCUT2D eigenvalue weighted by Crippen LogP contribution is -2.34. The summed E-state index contributed by atoms with van der Waals surface area (Å²) < 4.78 is 0. The predicted molar refractivity (Wildman–Crippen MR) is 143 cm³/mol. The van der Waals surface area contributed by atoms with Crippen molar-refractivity contribution in [3.63, 3.8) is 0 Å². The molecule has 1 aliphatic heterocycles. The van der Waals surface area contributed by atoms with Crippen LogP contribution in [0.4, 0.5) is 11.4 Å². The van der Waals surface area contributed by atoms with E-state index in [0.717, 1.165) is 23.9 Å². The van der Waals surface area contributed by atoms with Crippen molar-refractivity contribution in [2.24, 2.45) is 5.92 Å². The molecule has 5 heteroatoms. The number of benzene rings is 3. The Hall–Kier alpha value is -2.50. The first-order chi connectivity index (χ1) is 15.7. The molecule has 1 heterocycles. The van der Waals surface area contributed by atoms with E-state index in [0.29, 0.717) is 11.7 Å². The van der Waals surface area contributed by atoms with Crippen LogP contribution in [0.5, 0.6) is 0 Å². The smallest absolute Gasteiger partial charge is 0.171 e. The molecule has 0 radical (unpaired) electrons. The third-order valence-electron chi connectivity index (χ3n) is 5.77. The van der Waals surface area contributed by atoms with Crippen molar-refractivity contribution in [3.8, 4) is 0 Å². The lowest BCUT2D eigenvalue weighted by molar-refractivity contribution is 0.447. The van der Waals surface area contributed by atoms with Crippen molar-refractivity contribution >= 4 is 40.5 Å². The number of rotatable bonds is 7. The van der Waals surface area contributed by atoms with Gasteiger partial charge in [0.05, 0.1) is 0 Å². The zero-order chi connectivity index (χ0) is 22.2. The number of nitrogens with one attached hydrogen (secondary N) is 2. The van der Waals surface area contributed by atoms with E-state index in [2.05, 4.69) is 95.3 Å². The van der Waals surface area contributed by atoms with Crippen LogP contribution in [0, 0.1) is 5.92 Å². The standard InChI is InChI=1S/C27H31N3S2/c1-21-6-5-17-30(19-21)25-15-11-22(12-16-25)18-28-27(31)29-24-13-9-23(10-14-24)20-32-26-7-3-2-4-8-26/h2-4,7-16,21H,5-6,17-20H2,1H3,(H2,28,29,31)/t21-/m1/s1. The highest BCUT2D eigenvalue weighted by atomic mass is 32.2. The van der Waals surface area contributed by atoms with Crippen molar-refractivity contribution in [3.05, 3.63) is 90.0 Å². The van der Waals surface area contributed by atoms with E-state index in [1.54, 1.807) is 0 Å². The maximum atomic E-state index is 5.49. The van der Waals surface area contributed by atoms with Gasteiger partial charge in [-0.2, -0.15) is 0 Å². The minimum Gasteiger partial charge on any atom is -0.371 e. The van der Waals surface area contributed by atoms with E-state index in [-0.39, 0.29) is 0 Å². The Kier molecular flexibility index (Phi) is 8.07. The number of thioether (sulfide) groups is 1. The minimum atomic E-state index is 0.644. The van der Waals surface area contributed by atoms with Gasteiger partial charge in [-0.3, -0.25) is 0 Å². The van der Waals surface area contributed by atoms with E-state index in [1.807, 2.05) is 17.8 Å². The minimum absolute atomic E-state index is 0.644. The number of piperidine rings is 1. The van der Waals surface area contributed by atoms with Crippen molar-refractivity contribution in [1.82, 2.24) is 5.32 Å². The fourth-order valence-corrected chi connectivity index (χ4v) is 5.04. The molecule has 3 aromatic carbocycles. The van der Waals surface area contributed by atoms with Crippen LogP contribution in [-0.2, 0) is 12.3 Å². The van der Waals surface area contributed by atoms with Gasteiger partial charge in [-0.25, -0.2) is 0 Å². The topological polar surface area (TPSA) is 27.3 Å². The Morgan fingerprint density at radius 1 is 0.969 bits per heavy atom. The molecule has 0 aliphatic carbocycles. The largest absolute Gasteiger partial charge is 0.371 e. The molecule has 0 unspecified atom stereocenters. The Balaban J connectivity index is 1.21. The summed E-state index contributed by atoms with van der Waals surface area (Å²) in [4.78, 5) is 3.79. The second-order valence-electron chi connectivity index (χ2n) is 8.47. The van der Waals surface area contributed by atoms with Crippen LogP contribution < -0.4 is 15.5 Å². The molecule has 2 N–H and O–H groups in total. The second-order valence-corrected chi connectivity index (χ2v) is 9.92. The van der Waals surface area contributed by atoms with E-state index in [1.165, 1.54) is 41.1 Å². The third kappa shape index (κ3) is 6.75. The van der Waals surface area contributed by atoms with Gasteiger partial charge < -0.3 is 15.5 Å². The van der Waals surface area contributed by atoms with Gasteiger partial charge in [-0.1, -0.05) is 49.4 Å². The lowest BCUT2D eigenvalue weighted by Gasteiger charge is -2.32. The number of thiocarbonyl (C=S) groups is 1. The summed E-state index contributed by atoms with van der Waals surface area (Å²) >= 11 is 7.34. The van der Waals surface area contributed by atoms with Crippen LogP contribution in [0.25, 0.3) is 0 Å². The summed E-state index contributed by atoms with van der Waals surface area (Å²) in [5.74, 6) is 1.74. The number of nitrogens with zero attached hydrogens (tertiary/aromatic N) is 1. The Bertz CT molecular complexity index is 988. The number of anilines is 2. The van der Waals surface area contributed by atoms with Crippen molar-refractivity contribution in [2.75, 3.05) is 23.3 Å². The van der Waals surface area contributed by atoms with Crippen molar-refractivity contribution < 1.29 is 0 Å². The molecule has 1 atom stereocenters. The molecular weight excluding hydrogens is 430 g/mol. The van der Waals surface area contributed by atoms with E-state index >= 15 is 0 Å². The summed E-state index contributed by atoms with van der Waals surface area (Å²) in [6.45, 7) is 5.39. The van der Waals surface area contributed by atoms with Gasteiger partial charge in [0.15, 0.2) is 5.11 Å². The van der Waals surface area contributed by atoms with Gasteiger partial charge in [-0.05, 0) is 78.5 Å². The number of hydrogen-bond acceptors (Lipinski definition) is 3. The van der Waals surface area contributed by atoms with Crippen LogP contribution in [0.2, 0.25) is 0 Å². The van der Waals surface area contributed by atoms with Crippen LogP contribution in [0.3, 0.4) is 0 Å². The molecule has 166 valence electrons. The monoisotopic (exact) mass is 461 g/mol. The summed E-state index contributed by atoms with van der Waals surface area (Å²) in [5.41, 5.74) is 4.86. The van der Waals surface area contributed by atoms with Gasteiger partial charge in [0.1, 0.15) is 0 Å². The Morgan fingerprint density at radius 3 is 2.41 bits per heavy atom. The Labute approximate surface area is 201 Å². The van der Waals surface area contributed by atoms with Gasteiger partial charge >= 0.3 is 0 Å². The molecule has 0 aromatic heterocycles. The molecule has 0 amide bonds. The first kappa shape index (κ1) is 22.7. The van der Waals surface area contributed by atoms with Gasteiger partial charge in [0.2, 0.25) is 0 Å². The lowest BCUT2D eigenvalue weighted by atomic mass is 9.99. The molecule has 1 aliphatic rings. The zero-order valence-electron chi connectivity index (χ0n) is 18.6. The number of hydrogen-bond donors (Lipinski definition) is 2. The average molecular weight is 462 g/mol. The molecule has 0 bridgehead atoms. The Morgan fingerprint density at radius 2 is 1.69 bits per heavy atom. The van der Waals surface area contributed by atoms with Crippen molar-refractivity contribution in [2.45, 2.75) is 37.0 Å². The molecule has 0 spiro atoms. The van der Waals surface area contributed by atoms with Crippen LogP contribution >= 0.6 is 24.0 Å². The molecule has 0 saturated carbocycles. The van der Waals surface area contributed by atoms with Gasteiger partial charge in [-0.15, -0.1) is 11.8 Å². The van der Waals surface area contributed by atoms with E-state index in [4.69, 9.17) is 12.2 Å². The molecule has 1 saturated heterocycles.